The van der Waals surface area contributed by atoms with Gasteiger partial charge >= 0.3 is 0 Å². The van der Waals surface area contributed by atoms with E-state index in [1.807, 2.05) is 12.4 Å². The van der Waals surface area contributed by atoms with Crippen molar-refractivity contribution in [1.29, 1.82) is 0 Å². The van der Waals surface area contributed by atoms with Gasteiger partial charge in [0.05, 0.1) is 11.2 Å². The van der Waals surface area contributed by atoms with Crippen LogP contribution in [0.15, 0.2) is 5.51 Å². The van der Waals surface area contributed by atoms with E-state index in [4.69, 9.17) is 11.6 Å². The van der Waals surface area contributed by atoms with Gasteiger partial charge < -0.3 is 4.90 Å². The van der Waals surface area contributed by atoms with Gasteiger partial charge in [0, 0.05) is 29.4 Å². The van der Waals surface area contributed by atoms with E-state index in [-0.39, 0.29) is 24.4 Å². The molecule has 2 aromatic rings. The van der Waals surface area contributed by atoms with Crippen molar-refractivity contribution >= 4 is 28.8 Å². The van der Waals surface area contributed by atoms with E-state index in [9.17, 15) is 13.6 Å². The van der Waals surface area contributed by atoms with Crippen molar-refractivity contribution in [3.8, 4) is 0 Å². The van der Waals surface area contributed by atoms with Gasteiger partial charge in [0.2, 0.25) is 5.91 Å². The van der Waals surface area contributed by atoms with E-state index >= 15 is 0 Å². The molecule has 2 aliphatic rings. The zero-order valence-electron chi connectivity index (χ0n) is 15.2. The quantitative estimate of drug-likeness (QED) is 0.702. The zero-order valence-corrected chi connectivity index (χ0v) is 16.7. The third-order valence-electron chi connectivity index (χ3n) is 5.91. The number of amides is 1. The van der Waals surface area contributed by atoms with Crippen LogP contribution in [0.25, 0.3) is 0 Å². The van der Waals surface area contributed by atoms with Crippen molar-refractivity contribution < 1.29 is 13.6 Å². The fourth-order valence-corrected chi connectivity index (χ4v) is 5.46. The number of aryl methyl sites for hydroxylation is 1. The molecule has 1 amide bonds. The van der Waals surface area contributed by atoms with Crippen LogP contribution in [0.1, 0.15) is 45.7 Å². The summed E-state index contributed by atoms with van der Waals surface area (Å²) in [7, 11) is 0. The standard InChI is InChI=1S/C20H21ClF2N2OS/c1-11-13-3-2-4-14(13)19(22)20(23)15(11)9-25(18(26)8-21)12-5-6-16-17(7-12)27-10-24-16/h10,12H,2-9H2,1H3. The largest absolute Gasteiger partial charge is 0.334 e. The number of thiazole rings is 1. The van der Waals surface area contributed by atoms with Crippen LogP contribution in [0.5, 0.6) is 0 Å². The van der Waals surface area contributed by atoms with E-state index in [1.54, 1.807) is 16.2 Å². The molecule has 1 unspecified atom stereocenters. The number of hydrogen-bond donors (Lipinski definition) is 0. The second-order valence-electron chi connectivity index (χ2n) is 7.32. The van der Waals surface area contributed by atoms with Crippen LogP contribution in [-0.2, 0) is 37.0 Å². The third-order valence-corrected chi connectivity index (χ3v) is 7.04. The maximum absolute atomic E-state index is 14.8. The molecule has 144 valence electrons. The number of rotatable bonds is 4. The molecule has 0 radical (unpaired) electrons. The molecular weight excluding hydrogens is 390 g/mol. The highest BCUT2D eigenvalue weighted by molar-refractivity contribution is 7.09. The summed E-state index contributed by atoms with van der Waals surface area (Å²) in [5.74, 6) is -1.96. The summed E-state index contributed by atoms with van der Waals surface area (Å²) in [4.78, 5) is 19.7. The summed E-state index contributed by atoms with van der Waals surface area (Å²) in [5.41, 5.74) is 5.40. The summed E-state index contributed by atoms with van der Waals surface area (Å²) in [5, 5.41) is 0. The second kappa shape index (κ2) is 7.47. The molecule has 0 N–H and O–H groups in total. The van der Waals surface area contributed by atoms with Gasteiger partial charge in [-0.1, -0.05) is 0 Å². The average molecular weight is 411 g/mol. The van der Waals surface area contributed by atoms with Crippen LogP contribution < -0.4 is 0 Å². The van der Waals surface area contributed by atoms with Crippen LogP contribution in [0.3, 0.4) is 0 Å². The second-order valence-corrected chi connectivity index (χ2v) is 8.52. The molecule has 4 rings (SSSR count). The number of benzene rings is 1. The Kier molecular flexibility index (Phi) is 5.21. The predicted molar refractivity (Wildman–Crippen MR) is 102 cm³/mol. The molecule has 1 heterocycles. The maximum Gasteiger partial charge on any atom is 0.238 e. The van der Waals surface area contributed by atoms with Crippen LogP contribution in [0, 0.1) is 18.6 Å². The number of alkyl halides is 1. The van der Waals surface area contributed by atoms with Crippen molar-refractivity contribution in [2.45, 2.75) is 58.0 Å². The van der Waals surface area contributed by atoms with E-state index in [0.717, 1.165) is 47.4 Å². The van der Waals surface area contributed by atoms with Crippen LogP contribution >= 0.6 is 22.9 Å². The molecule has 7 heteroatoms. The molecule has 0 saturated heterocycles. The molecule has 0 bridgehead atoms. The molecule has 0 saturated carbocycles. The average Bonchev–Trinajstić information content (AvgIpc) is 3.34. The Morgan fingerprint density at radius 2 is 2.07 bits per heavy atom. The molecule has 1 aromatic carbocycles. The Labute approximate surface area is 166 Å². The van der Waals surface area contributed by atoms with Crippen molar-refractivity contribution in [2.24, 2.45) is 0 Å². The van der Waals surface area contributed by atoms with Crippen molar-refractivity contribution in [3.63, 3.8) is 0 Å². The van der Waals surface area contributed by atoms with Crippen LogP contribution in [0.2, 0.25) is 0 Å². The molecule has 1 atom stereocenters. The van der Waals surface area contributed by atoms with Gasteiger partial charge in [-0.05, 0) is 55.7 Å². The predicted octanol–water partition coefficient (Wildman–Crippen LogP) is 4.34. The van der Waals surface area contributed by atoms with Gasteiger partial charge in [0.25, 0.3) is 0 Å². The molecule has 1 aromatic heterocycles. The molecule has 0 spiro atoms. The lowest BCUT2D eigenvalue weighted by Crippen LogP contribution is -2.43. The Bertz CT molecular complexity index is 899. The fraction of sp³-hybridized carbons (Fsp3) is 0.500. The normalized spacial score (nSPS) is 18.3. The monoisotopic (exact) mass is 410 g/mol. The SMILES string of the molecule is Cc1c(CN(C(=O)CCl)C2CCc3ncsc3C2)c(F)c(F)c2c1CCC2. The Balaban J connectivity index is 1.68. The van der Waals surface area contributed by atoms with Gasteiger partial charge in [0.15, 0.2) is 11.6 Å². The maximum atomic E-state index is 14.8. The van der Waals surface area contributed by atoms with Crippen molar-refractivity contribution in [2.75, 3.05) is 5.88 Å². The topological polar surface area (TPSA) is 33.2 Å². The summed E-state index contributed by atoms with van der Waals surface area (Å²) < 4.78 is 29.4. The van der Waals surface area contributed by atoms with Gasteiger partial charge in [0.1, 0.15) is 5.88 Å². The molecule has 3 nitrogen and oxygen atoms in total. The van der Waals surface area contributed by atoms with Crippen molar-refractivity contribution in [1.82, 2.24) is 9.88 Å². The Morgan fingerprint density at radius 1 is 1.30 bits per heavy atom. The number of fused-ring (bicyclic) bond motifs is 2. The lowest BCUT2D eigenvalue weighted by atomic mass is 9.93. The minimum Gasteiger partial charge on any atom is -0.334 e. The first kappa shape index (κ1) is 18.8. The molecule has 0 aliphatic heterocycles. The number of halogens is 3. The molecule has 2 aliphatic carbocycles. The highest BCUT2D eigenvalue weighted by atomic mass is 35.5. The van der Waals surface area contributed by atoms with Gasteiger partial charge in [-0.15, -0.1) is 22.9 Å². The summed E-state index contributed by atoms with van der Waals surface area (Å²) in [6.45, 7) is 1.90. The number of hydrogen-bond acceptors (Lipinski definition) is 3. The molecular formula is C20H21ClF2N2OS. The Morgan fingerprint density at radius 3 is 2.85 bits per heavy atom. The summed E-state index contributed by atoms with van der Waals surface area (Å²) >= 11 is 7.43. The zero-order chi connectivity index (χ0) is 19.1. The van der Waals surface area contributed by atoms with E-state index in [2.05, 4.69) is 4.98 Å². The highest BCUT2D eigenvalue weighted by Gasteiger charge is 2.32. The van der Waals surface area contributed by atoms with E-state index in [0.29, 0.717) is 24.0 Å². The third kappa shape index (κ3) is 3.27. The number of nitrogens with zero attached hydrogens (tertiary/aromatic N) is 2. The minimum absolute atomic E-state index is 0.0617. The first-order valence-electron chi connectivity index (χ1n) is 9.26. The highest BCUT2D eigenvalue weighted by Crippen LogP contribution is 2.34. The van der Waals surface area contributed by atoms with Gasteiger partial charge in [-0.25, -0.2) is 13.8 Å². The first-order chi connectivity index (χ1) is 13.0. The molecule has 0 fully saturated rings. The van der Waals surface area contributed by atoms with E-state index < -0.39 is 11.6 Å². The number of carbonyl (C=O) groups excluding carboxylic acids is 1. The van der Waals surface area contributed by atoms with Gasteiger partial charge in [-0.3, -0.25) is 4.79 Å². The van der Waals surface area contributed by atoms with Gasteiger partial charge in [-0.2, -0.15) is 0 Å². The van der Waals surface area contributed by atoms with E-state index in [1.165, 1.54) is 0 Å². The smallest absolute Gasteiger partial charge is 0.238 e. The first-order valence-corrected chi connectivity index (χ1v) is 10.7. The van der Waals surface area contributed by atoms with Crippen molar-refractivity contribution in [3.05, 3.63) is 50.0 Å². The molecule has 27 heavy (non-hydrogen) atoms. The lowest BCUT2D eigenvalue weighted by Gasteiger charge is -2.34. The van der Waals surface area contributed by atoms with Crippen LogP contribution in [-0.4, -0.2) is 27.7 Å². The lowest BCUT2D eigenvalue weighted by molar-refractivity contribution is -0.131. The number of aromatic nitrogens is 1. The number of carbonyl (C=O) groups is 1. The Hall–Kier alpha value is -1.53. The summed E-state index contributed by atoms with van der Waals surface area (Å²) in [6.07, 6.45) is 4.43. The minimum atomic E-state index is -0.810. The summed E-state index contributed by atoms with van der Waals surface area (Å²) in [6, 6.07) is -0.0701. The van der Waals surface area contributed by atoms with Crippen LogP contribution in [0.4, 0.5) is 8.78 Å². The fourth-order valence-electron chi connectivity index (χ4n) is 4.42.